The van der Waals surface area contributed by atoms with E-state index in [4.69, 9.17) is 11.1 Å². The molecule has 5 nitrogen and oxygen atoms in total. The molecule has 2 atom stereocenters. The predicted molar refractivity (Wildman–Crippen MR) is 75.3 cm³/mol. The van der Waals surface area contributed by atoms with Gasteiger partial charge in [0, 0.05) is 13.1 Å². The zero-order valence-electron chi connectivity index (χ0n) is 11.2. The first-order valence-electron chi connectivity index (χ1n) is 7.15. The topological polar surface area (TPSA) is 78.9 Å². The Morgan fingerprint density at radius 3 is 2.63 bits per heavy atom. The van der Waals surface area contributed by atoms with E-state index >= 15 is 0 Å². The lowest BCUT2D eigenvalue weighted by Crippen LogP contribution is -2.42. The van der Waals surface area contributed by atoms with Crippen LogP contribution < -0.4 is 10.6 Å². The van der Waals surface area contributed by atoms with Crippen molar-refractivity contribution in [2.75, 3.05) is 18.0 Å². The Bertz CT molecular complexity index is 455. The van der Waals surface area contributed by atoms with Crippen LogP contribution in [0, 0.1) is 17.2 Å². The number of aromatic nitrogens is 2. The number of fused-ring (bicyclic) bond motifs is 1. The maximum atomic E-state index is 7.33. The van der Waals surface area contributed by atoms with Crippen LogP contribution in [0.4, 0.5) is 5.82 Å². The van der Waals surface area contributed by atoms with Crippen LogP contribution in [0.1, 0.15) is 37.8 Å². The van der Waals surface area contributed by atoms with E-state index in [-0.39, 0.29) is 5.84 Å². The van der Waals surface area contributed by atoms with E-state index < -0.39 is 0 Å². The van der Waals surface area contributed by atoms with Crippen molar-refractivity contribution in [2.24, 2.45) is 17.6 Å². The minimum atomic E-state index is -0.0231. The van der Waals surface area contributed by atoms with E-state index in [1.807, 2.05) is 0 Å². The first-order valence-corrected chi connectivity index (χ1v) is 7.15. The van der Waals surface area contributed by atoms with Gasteiger partial charge in [-0.1, -0.05) is 19.3 Å². The fourth-order valence-electron chi connectivity index (χ4n) is 3.43. The molecule has 0 aromatic carbocycles. The Morgan fingerprint density at radius 1 is 1.16 bits per heavy atom. The molecule has 3 N–H and O–H groups in total. The van der Waals surface area contributed by atoms with Crippen molar-refractivity contribution < 1.29 is 0 Å². The van der Waals surface area contributed by atoms with Gasteiger partial charge >= 0.3 is 0 Å². The number of amidine groups is 1. The molecule has 1 aromatic heterocycles. The Labute approximate surface area is 113 Å². The number of hydrogen-bond donors (Lipinski definition) is 2. The molecule has 1 aliphatic carbocycles. The third-order valence-electron chi connectivity index (χ3n) is 4.53. The fourth-order valence-corrected chi connectivity index (χ4v) is 3.43. The van der Waals surface area contributed by atoms with Crippen LogP contribution >= 0.6 is 0 Å². The lowest BCUT2D eigenvalue weighted by Gasteiger charge is -2.41. The summed E-state index contributed by atoms with van der Waals surface area (Å²) in [7, 11) is 0. The molecule has 1 saturated carbocycles. The number of nitrogens with zero attached hydrogens (tertiary/aromatic N) is 3. The summed E-state index contributed by atoms with van der Waals surface area (Å²) in [5.41, 5.74) is 5.85. The number of rotatable bonds is 2. The summed E-state index contributed by atoms with van der Waals surface area (Å²) >= 11 is 0. The van der Waals surface area contributed by atoms with E-state index in [1.165, 1.54) is 32.1 Å². The van der Waals surface area contributed by atoms with Crippen LogP contribution in [0.15, 0.2) is 12.4 Å². The fraction of sp³-hybridized carbons (Fsp3) is 0.643. The number of hydrogen-bond acceptors (Lipinski definition) is 4. The largest absolute Gasteiger partial charge is 0.382 e. The van der Waals surface area contributed by atoms with Gasteiger partial charge in [0.15, 0.2) is 0 Å². The average Bonchev–Trinajstić information content (AvgIpc) is 2.47. The van der Waals surface area contributed by atoms with Gasteiger partial charge in [-0.15, -0.1) is 0 Å². The zero-order valence-corrected chi connectivity index (χ0v) is 11.2. The van der Waals surface area contributed by atoms with Gasteiger partial charge in [-0.3, -0.25) is 5.41 Å². The molecule has 2 fully saturated rings. The second-order valence-electron chi connectivity index (χ2n) is 5.71. The molecule has 1 saturated heterocycles. The van der Waals surface area contributed by atoms with Crippen LogP contribution in [0.5, 0.6) is 0 Å². The third kappa shape index (κ3) is 2.55. The predicted octanol–water partition coefficient (Wildman–Crippen LogP) is 1.78. The standard InChI is InChI=1S/C14H21N5/c15-14(16)12-7-18-13(8-17-12)19-6-5-10-3-1-2-4-11(10)9-19/h7-8,10-11H,1-6,9H2,(H3,15,16). The molecule has 0 spiro atoms. The van der Waals surface area contributed by atoms with Crippen molar-refractivity contribution in [3.8, 4) is 0 Å². The van der Waals surface area contributed by atoms with E-state index in [1.54, 1.807) is 12.4 Å². The second-order valence-corrected chi connectivity index (χ2v) is 5.71. The summed E-state index contributed by atoms with van der Waals surface area (Å²) < 4.78 is 0. The summed E-state index contributed by atoms with van der Waals surface area (Å²) in [6.45, 7) is 2.19. The van der Waals surface area contributed by atoms with Crippen LogP contribution in [-0.4, -0.2) is 28.9 Å². The number of nitrogens with one attached hydrogen (secondary N) is 1. The highest BCUT2D eigenvalue weighted by Gasteiger charge is 2.31. The lowest BCUT2D eigenvalue weighted by atomic mass is 9.75. The Balaban J connectivity index is 1.70. The lowest BCUT2D eigenvalue weighted by molar-refractivity contribution is 0.202. The number of nitrogen functional groups attached to an aromatic ring is 1. The summed E-state index contributed by atoms with van der Waals surface area (Å²) in [6, 6.07) is 0. The molecule has 102 valence electrons. The molecule has 5 heteroatoms. The number of piperidine rings is 1. The molecular formula is C14H21N5. The first-order chi connectivity index (χ1) is 9.24. The monoisotopic (exact) mass is 259 g/mol. The smallest absolute Gasteiger partial charge is 0.147 e. The maximum Gasteiger partial charge on any atom is 0.147 e. The average molecular weight is 259 g/mol. The second kappa shape index (κ2) is 5.15. The van der Waals surface area contributed by atoms with E-state index in [2.05, 4.69) is 14.9 Å². The van der Waals surface area contributed by atoms with Crippen molar-refractivity contribution in [3.63, 3.8) is 0 Å². The maximum absolute atomic E-state index is 7.33. The van der Waals surface area contributed by atoms with E-state index in [0.717, 1.165) is 30.7 Å². The van der Waals surface area contributed by atoms with Crippen LogP contribution in [-0.2, 0) is 0 Å². The van der Waals surface area contributed by atoms with Crippen LogP contribution in [0.2, 0.25) is 0 Å². The van der Waals surface area contributed by atoms with Gasteiger partial charge in [-0.25, -0.2) is 9.97 Å². The minimum absolute atomic E-state index is 0.0231. The SMILES string of the molecule is N=C(N)c1cnc(N2CCC3CCCCC3C2)cn1. The van der Waals surface area contributed by atoms with Crippen molar-refractivity contribution in [2.45, 2.75) is 32.1 Å². The van der Waals surface area contributed by atoms with Gasteiger partial charge < -0.3 is 10.6 Å². The van der Waals surface area contributed by atoms with Crippen molar-refractivity contribution in [1.82, 2.24) is 9.97 Å². The van der Waals surface area contributed by atoms with Crippen molar-refractivity contribution >= 4 is 11.7 Å². The van der Waals surface area contributed by atoms with Crippen molar-refractivity contribution in [3.05, 3.63) is 18.1 Å². The first kappa shape index (κ1) is 12.4. The summed E-state index contributed by atoms with van der Waals surface area (Å²) in [4.78, 5) is 10.9. The summed E-state index contributed by atoms with van der Waals surface area (Å²) in [6.07, 6.45) is 10.2. The van der Waals surface area contributed by atoms with Gasteiger partial charge in [0.1, 0.15) is 17.3 Å². The Hall–Kier alpha value is -1.65. The molecule has 0 amide bonds. The Morgan fingerprint density at radius 2 is 1.95 bits per heavy atom. The molecule has 2 unspecified atom stereocenters. The highest BCUT2D eigenvalue weighted by Crippen LogP contribution is 2.36. The highest BCUT2D eigenvalue weighted by molar-refractivity contribution is 5.92. The molecule has 0 radical (unpaired) electrons. The van der Waals surface area contributed by atoms with Gasteiger partial charge in [-0.05, 0) is 24.7 Å². The molecule has 2 heterocycles. The van der Waals surface area contributed by atoms with Gasteiger partial charge in [0.25, 0.3) is 0 Å². The van der Waals surface area contributed by atoms with Gasteiger partial charge in [-0.2, -0.15) is 0 Å². The molecule has 19 heavy (non-hydrogen) atoms. The number of nitrogens with two attached hydrogens (primary N) is 1. The third-order valence-corrected chi connectivity index (χ3v) is 4.53. The number of anilines is 1. The normalized spacial score (nSPS) is 26.8. The van der Waals surface area contributed by atoms with Crippen LogP contribution in [0.25, 0.3) is 0 Å². The molecule has 3 rings (SSSR count). The van der Waals surface area contributed by atoms with E-state index in [9.17, 15) is 0 Å². The quantitative estimate of drug-likeness (QED) is 0.627. The minimum Gasteiger partial charge on any atom is -0.382 e. The van der Waals surface area contributed by atoms with Gasteiger partial charge in [0.05, 0.1) is 12.4 Å². The zero-order chi connectivity index (χ0) is 13.2. The summed E-state index contributed by atoms with van der Waals surface area (Å²) in [5, 5.41) is 7.33. The molecule has 1 aromatic rings. The van der Waals surface area contributed by atoms with Crippen LogP contribution in [0.3, 0.4) is 0 Å². The molecule has 1 aliphatic heterocycles. The molecule has 0 bridgehead atoms. The Kier molecular flexibility index (Phi) is 3.36. The highest BCUT2D eigenvalue weighted by atomic mass is 15.2. The molecule has 2 aliphatic rings. The molecular weight excluding hydrogens is 238 g/mol. The van der Waals surface area contributed by atoms with E-state index in [0.29, 0.717) is 5.69 Å². The van der Waals surface area contributed by atoms with Crippen molar-refractivity contribution in [1.29, 1.82) is 5.41 Å². The summed E-state index contributed by atoms with van der Waals surface area (Å²) in [5.74, 6) is 2.66. The van der Waals surface area contributed by atoms with Gasteiger partial charge in [0.2, 0.25) is 0 Å².